The molecule has 0 spiro atoms. The van der Waals surface area contributed by atoms with Crippen LogP contribution < -0.4 is 10.2 Å². The lowest BCUT2D eigenvalue weighted by molar-refractivity contribution is 0.0748. The van der Waals surface area contributed by atoms with Crippen LogP contribution in [0.2, 0.25) is 0 Å². The van der Waals surface area contributed by atoms with Gasteiger partial charge in [-0.2, -0.15) is 0 Å². The lowest BCUT2D eigenvalue weighted by Gasteiger charge is -2.35. The molecule has 210 valence electrons. The van der Waals surface area contributed by atoms with Gasteiger partial charge in [-0.3, -0.25) is 9.59 Å². The lowest BCUT2D eigenvalue weighted by Crippen LogP contribution is -2.49. The second-order valence-electron chi connectivity index (χ2n) is 9.90. The summed E-state index contributed by atoms with van der Waals surface area (Å²) in [5.41, 5.74) is 5.17. The van der Waals surface area contributed by atoms with E-state index < -0.39 is 12.7 Å². The number of aliphatic hydroxyl groups excluding tert-OH is 2. The minimum Gasteiger partial charge on any atom is -0.394 e. The molecular weight excluding hydrogens is 530 g/mol. The number of piperazine rings is 1. The number of aliphatic hydroxyl groups is 2. The number of nitrogens with one attached hydrogen (secondary N) is 1. The first-order valence-electron chi connectivity index (χ1n) is 13.1. The Kier molecular flexibility index (Phi) is 9.09. The van der Waals surface area contributed by atoms with Gasteiger partial charge in [-0.1, -0.05) is 42.0 Å². The molecular formula is C30H34ClN5O4. The van der Waals surface area contributed by atoms with Gasteiger partial charge in [-0.05, 0) is 36.8 Å². The maximum absolute atomic E-state index is 14.0. The van der Waals surface area contributed by atoms with E-state index in [0.29, 0.717) is 31.7 Å². The number of rotatable bonds is 7. The first-order valence-corrected chi connectivity index (χ1v) is 13.1. The van der Waals surface area contributed by atoms with Crippen molar-refractivity contribution in [2.24, 2.45) is 7.05 Å². The largest absolute Gasteiger partial charge is 0.394 e. The standard InChI is InChI=1S/C30H33N5O4.ClH/c1-20-8-10-25-24(16-20)27(28(33(25)2)21-6-4-3-5-7-21)30(39)35-14-12-34(13-15-35)26-11-9-22(17-31-26)29(38)32-18-23(37)19-36;/h3-11,16-17,23,36-37H,12-15,18-19H2,1-2H3,(H,32,38);1H. The molecule has 40 heavy (non-hydrogen) atoms. The van der Waals surface area contributed by atoms with Crippen molar-refractivity contribution in [1.29, 1.82) is 0 Å². The Morgan fingerprint density at radius 1 is 1.02 bits per heavy atom. The van der Waals surface area contributed by atoms with Gasteiger partial charge in [-0.25, -0.2) is 4.98 Å². The minimum absolute atomic E-state index is 0. The molecule has 1 aliphatic rings. The third-order valence-corrected chi connectivity index (χ3v) is 7.23. The summed E-state index contributed by atoms with van der Waals surface area (Å²) in [6.45, 7) is 3.95. The maximum atomic E-state index is 14.0. The Labute approximate surface area is 239 Å². The highest BCUT2D eigenvalue weighted by atomic mass is 35.5. The van der Waals surface area contributed by atoms with Crippen LogP contribution in [-0.4, -0.2) is 81.9 Å². The molecule has 0 radical (unpaired) electrons. The van der Waals surface area contributed by atoms with E-state index in [2.05, 4.69) is 38.0 Å². The maximum Gasteiger partial charge on any atom is 0.256 e. The van der Waals surface area contributed by atoms with Crippen molar-refractivity contribution >= 4 is 40.9 Å². The highest BCUT2D eigenvalue weighted by molar-refractivity contribution is 6.13. The number of benzene rings is 2. The Hall–Kier alpha value is -3.92. The normalized spacial score (nSPS) is 14.1. The number of pyridine rings is 1. The van der Waals surface area contributed by atoms with E-state index >= 15 is 0 Å². The third kappa shape index (κ3) is 5.82. The van der Waals surface area contributed by atoms with Crippen LogP contribution in [0, 0.1) is 6.92 Å². The number of halogens is 1. The zero-order valence-electron chi connectivity index (χ0n) is 22.6. The van der Waals surface area contributed by atoms with Crippen LogP contribution in [0.1, 0.15) is 26.3 Å². The molecule has 1 atom stereocenters. The summed E-state index contributed by atoms with van der Waals surface area (Å²) in [5.74, 6) is 0.395. The summed E-state index contributed by atoms with van der Waals surface area (Å²) in [4.78, 5) is 34.7. The molecule has 9 nitrogen and oxygen atoms in total. The number of carbonyl (C=O) groups excluding carboxylic acids is 2. The van der Waals surface area contributed by atoms with Crippen molar-refractivity contribution in [3.05, 3.63) is 83.6 Å². The summed E-state index contributed by atoms with van der Waals surface area (Å²) < 4.78 is 2.11. The number of nitrogens with zero attached hydrogens (tertiary/aromatic N) is 4. The van der Waals surface area contributed by atoms with Gasteiger partial charge in [0.15, 0.2) is 0 Å². The van der Waals surface area contributed by atoms with Crippen LogP contribution >= 0.6 is 12.4 Å². The van der Waals surface area contributed by atoms with Crippen molar-refractivity contribution in [2.45, 2.75) is 13.0 Å². The molecule has 2 amide bonds. The predicted octanol–water partition coefficient (Wildman–Crippen LogP) is 3.02. The fraction of sp³-hybridized carbons (Fsp3) is 0.300. The summed E-state index contributed by atoms with van der Waals surface area (Å²) in [5, 5.41) is 21.9. The molecule has 1 saturated heterocycles. The van der Waals surface area contributed by atoms with Crippen molar-refractivity contribution in [3.63, 3.8) is 0 Å². The van der Waals surface area contributed by atoms with Gasteiger partial charge >= 0.3 is 0 Å². The van der Waals surface area contributed by atoms with Gasteiger partial charge in [0, 0.05) is 56.9 Å². The molecule has 0 saturated carbocycles. The lowest BCUT2D eigenvalue weighted by atomic mass is 10.0. The average molecular weight is 564 g/mol. The molecule has 10 heteroatoms. The summed E-state index contributed by atoms with van der Waals surface area (Å²) in [7, 11) is 2.01. The van der Waals surface area contributed by atoms with Crippen LogP contribution in [0.5, 0.6) is 0 Å². The van der Waals surface area contributed by atoms with E-state index in [1.54, 1.807) is 12.1 Å². The molecule has 0 aliphatic carbocycles. The fourth-order valence-corrected chi connectivity index (χ4v) is 5.09. The highest BCUT2D eigenvalue weighted by Gasteiger charge is 2.29. The van der Waals surface area contributed by atoms with Crippen molar-refractivity contribution in [3.8, 4) is 11.3 Å². The molecule has 1 unspecified atom stereocenters. The number of hydrogen-bond acceptors (Lipinski definition) is 6. The van der Waals surface area contributed by atoms with E-state index in [4.69, 9.17) is 5.11 Å². The Morgan fingerprint density at radius 2 is 1.75 bits per heavy atom. The molecule has 1 aliphatic heterocycles. The van der Waals surface area contributed by atoms with E-state index in [-0.39, 0.29) is 30.8 Å². The van der Waals surface area contributed by atoms with Gasteiger partial charge in [0.05, 0.1) is 29.5 Å². The molecule has 2 aromatic heterocycles. The number of carbonyl (C=O) groups is 2. The van der Waals surface area contributed by atoms with Gasteiger partial charge in [0.25, 0.3) is 11.8 Å². The quantitative estimate of drug-likeness (QED) is 0.319. The summed E-state index contributed by atoms with van der Waals surface area (Å²) >= 11 is 0. The van der Waals surface area contributed by atoms with Crippen LogP contribution in [0.4, 0.5) is 5.82 Å². The second kappa shape index (κ2) is 12.5. The van der Waals surface area contributed by atoms with Gasteiger partial charge < -0.3 is 29.9 Å². The molecule has 3 N–H and O–H groups in total. The molecule has 4 aromatic rings. The summed E-state index contributed by atoms with van der Waals surface area (Å²) in [6, 6.07) is 19.8. The topological polar surface area (TPSA) is 111 Å². The molecule has 2 aromatic carbocycles. The Morgan fingerprint density at radius 3 is 2.40 bits per heavy atom. The SMILES string of the molecule is Cc1ccc2c(c1)c(C(=O)N1CCN(c3ccc(C(=O)NCC(O)CO)cn3)CC1)c(-c1ccccc1)n2C.Cl. The molecule has 0 bridgehead atoms. The third-order valence-electron chi connectivity index (χ3n) is 7.23. The zero-order valence-corrected chi connectivity index (χ0v) is 23.4. The van der Waals surface area contributed by atoms with Crippen LogP contribution in [0.15, 0.2) is 66.9 Å². The highest BCUT2D eigenvalue weighted by Crippen LogP contribution is 2.35. The van der Waals surface area contributed by atoms with E-state index in [1.165, 1.54) is 6.20 Å². The predicted molar refractivity (Wildman–Crippen MR) is 158 cm³/mol. The summed E-state index contributed by atoms with van der Waals surface area (Å²) in [6.07, 6.45) is 0.500. The zero-order chi connectivity index (χ0) is 27.5. The van der Waals surface area contributed by atoms with Crippen LogP contribution in [0.3, 0.4) is 0 Å². The number of fused-ring (bicyclic) bond motifs is 1. The number of aromatic nitrogens is 2. The number of amides is 2. The van der Waals surface area contributed by atoms with Crippen LogP contribution in [0.25, 0.3) is 22.2 Å². The Balaban J connectivity index is 0.00000370. The van der Waals surface area contributed by atoms with E-state index in [1.807, 2.05) is 49.2 Å². The van der Waals surface area contributed by atoms with E-state index in [9.17, 15) is 14.7 Å². The van der Waals surface area contributed by atoms with Crippen molar-refractivity contribution < 1.29 is 19.8 Å². The van der Waals surface area contributed by atoms with Gasteiger partial charge in [-0.15, -0.1) is 12.4 Å². The fourth-order valence-electron chi connectivity index (χ4n) is 5.09. The van der Waals surface area contributed by atoms with Crippen LogP contribution in [-0.2, 0) is 7.05 Å². The number of hydrogen-bond donors (Lipinski definition) is 3. The molecule has 1 fully saturated rings. The van der Waals surface area contributed by atoms with Gasteiger partial charge in [0.2, 0.25) is 0 Å². The van der Waals surface area contributed by atoms with Crippen molar-refractivity contribution in [1.82, 2.24) is 19.8 Å². The van der Waals surface area contributed by atoms with E-state index in [0.717, 1.165) is 39.1 Å². The Bertz CT molecular complexity index is 1480. The average Bonchev–Trinajstić information content (AvgIpc) is 3.26. The number of aryl methyl sites for hydroxylation is 2. The number of anilines is 1. The smallest absolute Gasteiger partial charge is 0.256 e. The monoisotopic (exact) mass is 563 g/mol. The van der Waals surface area contributed by atoms with Crippen molar-refractivity contribution in [2.75, 3.05) is 44.2 Å². The molecule has 5 rings (SSSR count). The molecule has 3 heterocycles. The van der Waals surface area contributed by atoms with Gasteiger partial charge in [0.1, 0.15) is 5.82 Å². The minimum atomic E-state index is -0.998. The first-order chi connectivity index (χ1) is 18.9. The second-order valence-corrected chi connectivity index (χ2v) is 9.90. The first kappa shape index (κ1) is 29.1.